The summed E-state index contributed by atoms with van der Waals surface area (Å²) in [5.74, 6) is 0.727. The van der Waals surface area contributed by atoms with Gasteiger partial charge in [0.15, 0.2) is 5.58 Å². The third-order valence-electron chi connectivity index (χ3n) is 4.02. The fraction of sp³-hybridized carbons (Fsp3) is 0.467. The Hall–Kier alpha value is -2.04. The van der Waals surface area contributed by atoms with Crippen molar-refractivity contribution in [1.82, 2.24) is 10.3 Å². The van der Waals surface area contributed by atoms with E-state index in [-0.39, 0.29) is 18.0 Å². The van der Waals surface area contributed by atoms with Crippen molar-refractivity contribution >= 4 is 23.0 Å². The van der Waals surface area contributed by atoms with Gasteiger partial charge in [-0.3, -0.25) is 4.79 Å². The number of aromatic nitrogens is 1. The van der Waals surface area contributed by atoms with Gasteiger partial charge in [-0.1, -0.05) is 6.92 Å². The number of rotatable bonds is 2. The highest BCUT2D eigenvalue weighted by Crippen LogP contribution is 2.24. The van der Waals surface area contributed by atoms with Crippen LogP contribution in [0.15, 0.2) is 22.6 Å². The van der Waals surface area contributed by atoms with Gasteiger partial charge in [-0.15, -0.1) is 0 Å². The van der Waals surface area contributed by atoms with Crippen molar-refractivity contribution in [3.8, 4) is 0 Å². The molecule has 5 nitrogen and oxygen atoms in total. The molecule has 20 heavy (non-hydrogen) atoms. The monoisotopic (exact) mass is 273 g/mol. The molecule has 1 aliphatic carbocycles. The van der Waals surface area contributed by atoms with Crippen LogP contribution in [0.4, 0.5) is 6.01 Å². The van der Waals surface area contributed by atoms with Crippen molar-refractivity contribution in [3.05, 3.63) is 23.8 Å². The van der Waals surface area contributed by atoms with Crippen molar-refractivity contribution in [3.63, 3.8) is 0 Å². The van der Waals surface area contributed by atoms with E-state index in [0.29, 0.717) is 16.7 Å². The Morgan fingerprint density at radius 3 is 2.85 bits per heavy atom. The minimum Gasteiger partial charge on any atom is -0.424 e. The second kappa shape index (κ2) is 5.15. The third-order valence-corrected chi connectivity index (χ3v) is 4.02. The predicted octanol–water partition coefficient (Wildman–Crippen LogP) is 2.72. The number of hydrogen-bond donors (Lipinski definition) is 2. The zero-order valence-electron chi connectivity index (χ0n) is 11.6. The molecule has 1 heterocycles. The third kappa shape index (κ3) is 2.61. The molecular weight excluding hydrogens is 254 g/mol. The van der Waals surface area contributed by atoms with Gasteiger partial charge >= 0.3 is 0 Å². The molecule has 3 N–H and O–H groups in total. The molecule has 0 bridgehead atoms. The number of benzene rings is 1. The fourth-order valence-electron chi connectivity index (χ4n) is 2.76. The zero-order chi connectivity index (χ0) is 14.1. The Labute approximate surface area is 117 Å². The number of nitrogens with one attached hydrogen (secondary N) is 1. The van der Waals surface area contributed by atoms with Gasteiger partial charge < -0.3 is 15.5 Å². The summed E-state index contributed by atoms with van der Waals surface area (Å²) in [6.07, 6.45) is 4.49. The summed E-state index contributed by atoms with van der Waals surface area (Å²) >= 11 is 0. The summed E-state index contributed by atoms with van der Waals surface area (Å²) < 4.78 is 5.20. The highest BCUT2D eigenvalue weighted by Gasteiger charge is 2.20. The number of hydrogen-bond acceptors (Lipinski definition) is 4. The highest BCUT2D eigenvalue weighted by molar-refractivity contribution is 5.97. The molecule has 0 spiro atoms. The summed E-state index contributed by atoms with van der Waals surface area (Å²) in [7, 11) is 0. The standard InChI is InChI=1S/C15H19N3O2/c1-9-2-5-11(6-3-9)17-14(19)10-4-7-13-12(8-10)18-15(16)20-13/h4,7-9,11H,2-3,5-6H2,1H3,(H2,16,18)(H,17,19). The molecule has 1 aliphatic rings. The number of nitrogens with zero attached hydrogens (tertiary/aromatic N) is 1. The topological polar surface area (TPSA) is 81.2 Å². The quantitative estimate of drug-likeness (QED) is 0.881. The molecule has 0 atom stereocenters. The molecule has 0 saturated heterocycles. The largest absolute Gasteiger partial charge is 0.424 e. The summed E-state index contributed by atoms with van der Waals surface area (Å²) in [6, 6.07) is 5.61. The Kier molecular flexibility index (Phi) is 3.34. The summed E-state index contributed by atoms with van der Waals surface area (Å²) in [4.78, 5) is 16.3. The first kappa shape index (κ1) is 13.0. The lowest BCUT2D eigenvalue weighted by Crippen LogP contribution is -2.37. The summed E-state index contributed by atoms with van der Waals surface area (Å²) in [5, 5.41) is 3.10. The first-order valence-electron chi connectivity index (χ1n) is 7.09. The van der Waals surface area contributed by atoms with Crippen molar-refractivity contribution in [2.24, 2.45) is 5.92 Å². The maximum Gasteiger partial charge on any atom is 0.292 e. The van der Waals surface area contributed by atoms with E-state index >= 15 is 0 Å². The van der Waals surface area contributed by atoms with Crippen LogP contribution in [-0.2, 0) is 0 Å². The van der Waals surface area contributed by atoms with Gasteiger partial charge in [-0.05, 0) is 49.8 Å². The SMILES string of the molecule is CC1CCC(NC(=O)c2ccc3oc(N)nc3c2)CC1. The van der Waals surface area contributed by atoms with E-state index < -0.39 is 0 Å². The molecule has 0 radical (unpaired) electrons. The second-order valence-electron chi connectivity index (χ2n) is 5.66. The number of carbonyl (C=O) groups excluding carboxylic acids is 1. The molecule has 0 unspecified atom stereocenters. The molecule has 1 fully saturated rings. The van der Waals surface area contributed by atoms with Gasteiger partial charge in [0.1, 0.15) is 5.52 Å². The lowest BCUT2D eigenvalue weighted by molar-refractivity contribution is 0.0923. The average Bonchev–Trinajstić information content (AvgIpc) is 2.80. The maximum absolute atomic E-state index is 12.2. The van der Waals surface area contributed by atoms with Crippen LogP contribution in [0.1, 0.15) is 43.0 Å². The summed E-state index contributed by atoms with van der Waals surface area (Å²) in [6.45, 7) is 2.26. The van der Waals surface area contributed by atoms with Gasteiger partial charge in [-0.2, -0.15) is 4.98 Å². The molecule has 3 rings (SSSR count). The van der Waals surface area contributed by atoms with Gasteiger partial charge in [0.05, 0.1) is 0 Å². The van der Waals surface area contributed by atoms with E-state index in [1.165, 1.54) is 12.8 Å². The molecule has 5 heteroatoms. The predicted molar refractivity (Wildman–Crippen MR) is 77.3 cm³/mol. The molecule has 106 valence electrons. The van der Waals surface area contributed by atoms with Crippen LogP contribution in [0.3, 0.4) is 0 Å². The smallest absolute Gasteiger partial charge is 0.292 e. The number of nitrogen functional groups attached to an aromatic ring is 1. The number of amides is 1. The molecule has 1 aromatic carbocycles. The summed E-state index contributed by atoms with van der Waals surface area (Å²) in [5.41, 5.74) is 7.32. The average molecular weight is 273 g/mol. The van der Waals surface area contributed by atoms with Crippen LogP contribution < -0.4 is 11.1 Å². The maximum atomic E-state index is 12.2. The van der Waals surface area contributed by atoms with Gasteiger partial charge in [0.2, 0.25) is 0 Å². The molecule has 1 saturated carbocycles. The Morgan fingerprint density at radius 1 is 1.35 bits per heavy atom. The van der Waals surface area contributed by atoms with Gasteiger partial charge in [0, 0.05) is 11.6 Å². The minimum absolute atomic E-state index is 0.0481. The van der Waals surface area contributed by atoms with Crippen LogP contribution in [0.25, 0.3) is 11.1 Å². The van der Waals surface area contributed by atoms with Crippen molar-refractivity contribution < 1.29 is 9.21 Å². The van der Waals surface area contributed by atoms with E-state index in [1.54, 1.807) is 18.2 Å². The first-order chi connectivity index (χ1) is 9.61. The molecular formula is C15H19N3O2. The number of fused-ring (bicyclic) bond motifs is 1. The minimum atomic E-state index is -0.0481. The van der Waals surface area contributed by atoms with Crippen LogP contribution >= 0.6 is 0 Å². The van der Waals surface area contributed by atoms with Gasteiger partial charge in [-0.25, -0.2) is 0 Å². The molecule has 1 amide bonds. The van der Waals surface area contributed by atoms with E-state index in [0.717, 1.165) is 18.8 Å². The van der Waals surface area contributed by atoms with E-state index in [4.69, 9.17) is 10.2 Å². The normalized spacial score (nSPS) is 22.9. The zero-order valence-corrected chi connectivity index (χ0v) is 11.6. The van der Waals surface area contributed by atoms with E-state index in [9.17, 15) is 4.79 Å². The number of nitrogens with two attached hydrogens (primary N) is 1. The second-order valence-corrected chi connectivity index (χ2v) is 5.66. The van der Waals surface area contributed by atoms with Crippen LogP contribution in [0.2, 0.25) is 0 Å². The molecule has 0 aliphatic heterocycles. The van der Waals surface area contributed by atoms with Crippen LogP contribution in [0.5, 0.6) is 0 Å². The first-order valence-corrected chi connectivity index (χ1v) is 7.09. The molecule has 2 aromatic rings. The number of oxazole rings is 1. The highest BCUT2D eigenvalue weighted by atomic mass is 16.4. The number of carbonyl (C=O) groups is 1. The van der Waals surface area contributed by atoms with Crippen molar-refractivity contribution in [2.75, 3.05) is 5.73 Å². The van der Waals surface area contributed by atoms with Crippen LogP contribution in [-0.4, -0.2) is 16.9 Å². The van der Waals surface area contributed by atoms with Crippen molar-refractivity contribution in [1.29, 1.82) is 0 Å². The van der Waals surface area contributed by atoms with E-state index in [1.807, 2.05) is 0 Å². The Balaban J connectivity index is 1.71. The van der Waals surface area contributed by atoms with Gasteiger partial charge in [0.25, 0.3) is 11.9 Å². The number of anilines is 1. The lowest BCUT2D eigenvalue weighted by Gasteiger charge is -2.26. The molecule has 1 aromatic heterocycles. The Bertz CT molecular complexity index is 627. The Morgan fingerprint density at radius 2 is 2.10 bits per heavy atom. The van der Waals surface area contributed by atoms with Crippen LogP contribution in [0, 0.1) is 5.92 Å². The fourth-order valence-corrected chi connectivity index (χ4v) is 2.76. The lowest BCUT2D eigenvalue weighted by atomic mass is 9.87. The van der Waals surface area contributed by atoms with Crippen molar-refractivity contribution in [2.45, 2.75) is 38.6 Å². The van der Waals surface area contributed by atoms with E-state index in [2.05, 4.69) is 17.2 Å².